The van der Waals surface area contributed by atoms with Crippen LogP contribution in [-0.4, -0.2) is 0 Å². The molecule has 0 aromatic heterocycles. The number of rotatable bonds is 5. The maximum absolute atomic E-state index is 2.59. The molecule has 7 aliphatic carbocycles. The average molecular weight is 700 g/mol. The Morgan fingerprint density at radius 3 is 1.54 bits per heavy atom. The molecule has 0 N–H and O–H groups in total. The van der Waals surface area contributed by atoms with Gasteiger partial charge >= 0.3 is 0 Å². The number of benzene rings is 6. The molecular weight excluding hydrogens is 651 g/mol. The summed E-state index contributed by atoms with van der Waals surface area (Å²) in [7, 11) is 0. The summed E-state index contributed by atoms with van der Waals surface area (Å²) in [6, 6.07) is 54.5. The summed E-state index contributed by atoms with van der Waals surface area (Å²) in [5.74, 6) is 3.52. The zero-order chi connectivity index (χ0) is 35.4. The minimum Gasteiger partial charge on any atom is -0.310 e. The van der Waals surface area contributed by atoms with Gasteiger partial charge in [0.1, 0.15) is 0 Å². The second-order valence-corrected chi connectivity index (χ2v) is 18.1. The molecule has 4 bridgehead atoms. The summed E-state index contributed by atoms with van der Waals surface area (Å²) in [5.41, 5.74) is 17.9. The molecule has 6 aromatic rings. The van der Waals surface area contributed by atoms with E-state index < -0.39 is 0 Å². The predicted octanol–water partition coefficient (Wildman–Crippen LogP) is 14.0. The minimum atomic E-state index is -0.353. The maximum Gasteiger partial charge on any atom is 0.0726 e. The number of nitrogens with zero attached hydrogens (tertiary/aromatic N) is 1. The van der Waals surface area contributed by atoms with Crippen molar-refractivity contribution < 1.29 is 0 Å². The van der Waals surface area contributed by atoms with E-state index in [0.29, 0.717) is 11.3 Å². The quantitative estimate of drug-likeness (QED) is 0.173. The van der Waals surface area contributed by atoms with Gasteiger partial charge in [-0.3, -0.25) is 0 Å². The fourth-order valence-corrected chi connectivity index (χ4v) is 13.5. The van der Waals surface area contributed by atoms with Crippen LogP contribution in [0.5, 0.6) is 0 Å². The summed E-state index contributed by atoms with van der Waals surface area (Å²) in [4.78, 5) is 2.59. The van der Waals surface area contributed by atoms with Crippen LogP contribution in [0.25, 0.3) is 22.3 Å². The smallest absolute Gasteiger partial charge is 0.0726 e. The van der Waals surface area contributed by atoms with Gasteiger partial charge < -0.3 is 4.90 Å². The first-order valence-corrected chi connectivity index (χ1v) is 21.1. The molecule has 0 amide bonds. The largest absolute Gasteiger partial charge is 0.310 e. The van der Waals surface area contributed by atoms with Gasteiger partial charge in [0.25, 0.3) is 0 Å². The van der Waals surface area contributed by atoms with Gasteiger partial charge in [-0.15, -0.1) is 0 Å². The second kappa shape index (κ2) is 11.8. The normalized spacial score (nSPS) is 25.3. The summed E-state index contributed by atoms with van der Waals surface area (Å²) in [6.45, 7) is 0. The van der Waals surface area contributed by atoms with Crippen LogP contribution < -0.4 is 4.90 Å². The van der Waals surface area contributed by atoms with E-state index in [1.54, 1.807) is 5.56 Å². The molecule has 6 aromatic carbocycles. The molecule has 266 valence electrons. The Kier molecular flexibility index (Phi) is 6.88. The topological polar surface area (TPSA) is 3.24 Å². The Hall–Kier alpha value is -4.88. The second-order valence-electron chi connectivity index (χ2n) is 18.1. The van der Waals surface area contributed by atoms with Gasteiger partial charge in [0, 0.05) is 16.9 Å². The van der Waals surface area contributed by atoms with Crippen LogP contribution in [-0.2, 0) is 10.8 Å². The van der Waals surface area contributed by atoms with E-state index in [4.69, 9.17) is 0 Å². The first kappa shape index (κ1) is 31.5. The fraction of sp³-hybridized carbons (Fsp3) is 0.321. The minimum absolute atomic E-state index is 0.353. The van der Waals surface area contributed by atoms with Crippen LogP contribution in [0.2, 0.25) is 0 Å². The molecule has 5 fully saturated rings. The van der Waals surface area contributed by atoms with Crippen molar-refractivity contribution in [1.29, 1.82) is 0 Å². The lowest BCUT2D eigenvalue weighted by Crippen LogP contribution is -2.48. The molecule has 0 aliphatic heterocycles. The Bertz CT molecular complexity index is 2330. The molecule has 1 nitrogen and oxygen atoms in total. The van der Waals surface area contributed by atoms with Gasteiger partial charge in [-0.25, -0.2) is 0 Å². The molecule has 1 heteroatoms. The fourth-order valence-electron chi connectivity index (χ4n) is 13.5. The van der Waals surface area contributed by atoms with Crippen molar-refractivity contribution in [1.82, 2.24) is 0 Å². The third-order valence-corrected chi connectivity index (χ3v) is 15.2. The standard InChI is InChI=1S/C53H49N/c1-2-11-38(12-3-1)39-21-25-41(26-22-39)54(42-27-23-40(24-28-42)52-32-35-29-36(33-52)31-37(30-35)34-52)50-20-10-19-49-51(50)45-15-6-9-18-48(45)53(49)46-16-7-4-13-43(46)44-14-5-8-17-47(44)53/h4-10,13-28,35-38H,1-3,11-12,29-34H2. The molecular formula is C53H49N. The monoisotopic (exact) mass is 699 g/mol. The number of fused-ring (bicyclic) bond motifs is 10. The summed E-state index contributed by atoms with van der Waals surface area (Å²) < 4.78 is 0. The SMILES string of the molecule is c1ccc2c(c1)-c1ccccc1C21c2ccccc2-c2c(N(c3ccc(C4CCCCC4)cc3)c3ccc(C45CC6CC(CC(C6)C4)C5)cc3)cccc21. The number of hydrogen-bond acceptors (Lipinski definition) is 1. The first-order chi connectivity index (χ1) is 26.7. The van der Waals surface area contributed by atoms with Crippen LogP contribution >= 0.6 is 0 Å². The lowest BCUT2D eigenvalue weighted by molar-refractivity contribution is -0.00518. The molecule has 0 saturated heterocycles. The number of hydrogen-bond donors (Lipinski definition) is 0. The highest BCUT2D eigenvalue weighted by Crippen LogP contribution is 2.65. The van der Waals surface area contributed by atoms with Crippen molar-refractivity contribution in [3.8, 4) is 22.3 Å². The molecule has 7 aliphatic rings. The highest BCUT2D eigenvalue weighted by Gasteiger charge is 2.53. The lowest BCUT2D eigenvalue weighted by atomic mass is 9.48. The van der Waals surface area contributed by atoms with Crippen molar-refractivity contribution in [3.05, 3.63) is 173 Å². The highest BCUT2D eigenvalue weighted by atomic mass is 15.1. The van der Waals surface area contributed by atoms with Gasteiger partial charge in [-0.05, 0) is 161 Å². The van der Waals surface area contributed by atoms with E-state index in [1.165, 1.54) is 138 Å². The van der Waals surface area contributed by atoms with Gasteiger partial charge in [-0.1, -0.05) is 128 Å². The summed E-state index contributed by atoms with van der Waals surface area (Å²) in [6.07, 6.45) is 15.4. The van der Waals surface area contributed by atoms with Crippen LogP contribution in [0.4, 0.5) is 17.1 Å². The van der Waals surface area contributed by atoms with Crippen LogP contribution in [0.1, 0.15) is 110 Å². The zero-order valence-corrected chi connectivity index (χ0v) is 31.3. The highest BCUT2D eigenvalue weighted by molar-refractivity contribution is 6.01. The maximum atomic E-state index is 2.59. The summed E-state index contributed by atoms with van der Waals surface area (Å²) in [5, 5.41) is 0. The first-order valence-electron chi connectivity index (χ1n) is 21.1. The third-order valence-electron chi connectivity index (χ3n) is 15.2. The van der Waals surface area contributed by atoms with Crippen molar-refractivity contribution in [2.24, 2.45) is 17.8 Å². The van der Waals surface area contributed by atoms with Crippen molar-refractivity contribution in [3.63, 3.8) is 0 Å². The van der Waals surface area contributed by atoms with E-state index in [1.807, 2.05) is 0 Å². The van der Waals surface area contributed by atoms with Gasteiger partial charge in [0.05, 0.1) is 11.1 Å². The summed E-state index contributed by atoms with van der Waals surface area (Å²) >= 11 is 0. The lowest BCUT2D eigenvalue weighted by Gasteiger charge is -2.57. The van der Waals surface area contributed by atoms with E-state index in [9.17, 15) is 0 Å². The molecule has 0 atom stereocenters. The molecule has 0 heterocycles. The average Bonchev–Trinajstić information content (AvgIpc) is 3.69. The molecule has 0 unspecified atom stereocenters. The van der Waals surface area contributed by atoms with E-state index >= 15 is 0 Å². The van der Waals surface area contributed by atoms with E-state index in [2.05, 4.69) is 144 Å². The zero-order valence-electron chi connectivity index (χ0n) is 31.3. The van der Waals surface area contributed by atoms with Crippen LogP contribution in [0.3, 0.4) is 0 Å². The molecule has 13 rings (SSSR count). The Morgan fingerprint density at radius 2 is 0.944 bits per heavy atom. The molecule has 0 radical (unpaired) electrons. The molecule has 1 spiro atoms. The number of anilines is 3. The van der Waals surface area contributed by atoms with Crippen LogP contribution in [0, 0.1) is 17.8 Å². The van der Waals surface area contributed by atoms with Crippen molar-refractivity contribution in [2.75, 3.05) is 4.90 Å². The molecule has 54 heavy (non-hydrogen) atoms. The molecule has 5 saturated carbocycles. The Labute approximate surface area is 321 Å². The van der Waals surface area contributed by atoms with Gasteiger partial charge in [-0.2, -0.15) is 0 Å². The Balaban J connectivity index is 1.05. The Morgan fingerprint density at radius 1 is 0.444 bits per heavy atom. The van der Waals surface area contributed by atoms with Crippen LogP contribution in [0.15, 0.2) is 140 Å². The van der Waals surface area contributed by atoms with Crippen molar-refractivity contribution in [2.45, 2.75) is 87.4 Å². The third kappa shape index (κ3) is 4.39. The predicted molar refractivity (Wildman–Crippen MR) is 223 cm³/mol. The van der Waals surface area contributed by atoms with Gasteiger partial charge in [0.2, 0.25) is 0 Å². The van der Waals surface area contributed by atoms with Crippen molar-refractivity contribution >= 4 is 17.1 Å². The van der Waals surface area contributed by atoms with E-state index in [-0.39, 0.29) is 5.41 Å². The van der Waals surface area contributed by atoms with E-state index in [0.717, 1.165) is 17.8 Å². The van der Waals surface area contributed by atoms with Gasteiger partial charge in [0.15, 0.2) is 0 Å².